The van der Waals surface area contributed by atoms with Crippen LogP contribution in [-0.2, 0) is 11.3 Å². The normalized spacial score (nSPS) is 25.1. The lowest BCUT2D eigenvalue weighted by Gasteiger charge is -2.31. The van der Waals surface area contributed by atoms with Gasteiger partial charge < -0.3 is 10.1 Å². The Kier molecular flexibility index (Phi) is 4.57. The molecule has 2 heterocycles. The maximum atomic E-state index is 5.93. The summed E-state index contributed by atoms with van der Waals surface area (Å²) in [6.45, 7) is 5.05. The average molecular weight is 237 g/mol. The van der Waals surface area contributed by atoms with Gasteiger partial charge >= 0.3 is 0 Å². The summed E-state index contributed by atoms with van der Waals surface area (Å²) in [5.41, 5.74) is 1.23. The molecule has 0 aliphatic carbocycles. The number of hydrogen-bond donors (Lipinski definition) is 1. The van der Waals surface area contributed by atoms with Gasteiger partial charge in [0.15, 0.2) is 0 Å². The average Bonchev–Trinajstić information content (AvgIpc) is 2.79. The summed E-state index contributed by atoms with van der Waals surface area (Å²) < 4.78 is 7.94. The lowest BCUT2D eigenvalue weighted by molar-refractivity contribution is -0.0272. The molecule has 2 rings (SSSR count). The predicted octanol–water partition coefficient (Wildman–Crippen LogP) is 1.98. The highest BCUT2D eigenvalue weighted by atomic mass is 16.5. The fourth-order valence-corrected chi connectivity index (χ4v) is 2.56. The van der Waals surface area contributed by atoms with Crippen LogP contribution in [0.25, 0.3) is 0 Å². The highest BCUT2D eigenvalue weighted by molar-refractivity contribution is 5.10. The molecule has 1 N–H and O–H groups in total. The second-order valence-electron chi connectivity index (χ2n) is 4.79. The summed E-state index contributed by atoms with van der Waals surface area (Å²) in [4.78, 5) is 0. The Labute approximate surface area is 103 Å². The SMILES string of the molecule is CCCn1cc(C2OCCCC2CNC)cn1. The highest BCUT2D eigenvalue weighted by Crippen LogP contribution is 2.32. The predicted molar refractivity (Wildman–Crippen MR) is 67.9 cm³/mol. The van der Waals surface area contributed by atoms with Gasteiger partial charge in [-0.2, -0.15) is 5.10 Å². The minimum atomic E-state index is 0.224. The number of aryl methyl sites for hydroxylation is 1. The van der Waals surface area contributed by atoms with E-state index in [-0.39, 0.29) is 6.10 Å². The maximum absolute atomic E-state index is 5.93. The molecule has 0 radical (unpaired) electrons. The van der Waals surface area contributed by atoms with E-state index in [0.717, 1.165) is 26.1 Å². The van der Waals surface area contributed by atoms with Gasteiger partial charge in [-0.15, -0.1) is 0 Å². The topological polar surface area (TPSA) is 39.1 Å². The second kappa shape index (κ2) is 6.17. The molecule has 4 nitrogen and oxygen atoms in total. The lowest BCUT2D eigenvalue weighted by atomic mass is 9.91. The monoisotopic (exact) mass is 237 g/mol. The molecule has 1 aliphatic rings. The third-order valence-electron chi connectivity index (χ3n) is 3.35. The van der Waals surface area contributed by atoms with Gasteiger partial charge in [0.05, 0.1) is 12.3 Å². The van der Waals surface area contributed by atoms with Gasteiger partial charge in [0.2, 0.25) is 0 Å². The van der Waals surface area contributed by atoms with Gasteiger partial charge in [0.25, 0.3) is 0 Å². The van der Waals surface area contributed by atoms with E-state index in [0.29, 0.717) is 5.92 Å². The van der Waals surface area contributed by atoms with Gasteiger partial charge in [0.1, 0.15) is 0 Å². The van der Waals surface area contributed by atoms with Crippen molar-refractivity contribution in [2.75, 3.05) is 20.2 Å². The van der Waals surface area contributed by atoms with Crippen molar-refractivity contribution < 1.29 is 4.74 Å². The van der Waals surface area contributed by atoms with Crippen molar-refractivity contribution in [1.29, 1.82) is 0 Å². The van der Waals surface area contributed by atoms with Gasteiger partial charge in [-0.25, -0.2) is 0 Å². The van der Waals surface area contributed by atoms with Crippen LogP contribution in [0.4, 0.5) is 0 Å². The molecule has 17 heavy (non-hydrogen) atoms. The quantitative estimate of drug-likeness (QED) is 0.851. The minimum absolute atomic E-state index is 0.224. The third-order valence-corrected chi connectivity index (χ3v) is 3.35. The van der Waals surface area contributed by atoms with Gasteiger partial charge in [-0.1, -0.05) is 6.92 Å². The molecule has 0 spiro atoms. The summed E-state index contributed by atoms with van der Waals surface area (Å²) in [6.07, 6.45) is 7.86. The summed E-state index contributed by atoms with van der Waals surface area (Å²) in [6, 6.07) is 0. The number of rotatable bonds is 5. The Hall–Kier alpha value is -0.870. The van der Waals surface area contributed by atoms with Crippen LogP contribution in [0.3, 0.4) is 0 Å². The number of aromatic nitrogens is 2. The standard InChI is InChI=1S/C13H23N3O/c1-3-6-16-10-12(9-15-16)13-11(8-14-2)5-4-7-17-13/h9-11,13-14H,3-8H2,1-2H3. The van der Waals surface area contributed by atoms with E-state index >= 15 is 0 Å². The van der Waals surface area contributed by atoms with Crippen molar-refractivity contribution in [3.05, 3.63) is 18.0 Å². The smallest absolute Gasteiger partial charge is 0.0895 e. The van der Waals surface area contributed by atoms with Crippen molar-refractivity contribution in [3.63, 3.8) is 0 Å². The Balaban J connectivity index is 2.06. The number of ether oxygens (including phenoxy) is 1. The van der Waals surface area contributed by atoms with Crippen LogP contribution in [0.1, 0.15) is 37.9 Å². The lowest BCUT2D eigenvalue weighted by Crippen LogP contribution is -2.30. The van der Waals surface area contributed by atoms with Crippen LogP contribution in [-0.4, -0.2) is 30.0 Å². The van der Waals surface area contributed by atoms with E-state index in [9.17, 15) is 0 Å². The zero-order valence-electron chi connectivity index (χ0n) is 10.9. The highest BCUT2D eigenvalue weighted by Gasteiger charge is 2.27. The van der Waals surface area contributed by atoms with E-state index in [2.05, 4.69) is 23.5 Å². The molecular weight excluding hydrogens is 214 g/mol. The van der Waals surface area contributed by atoms with E-state index in [1.807, 2.05) is 17.9 Å². The first-order valence-electron chi connectivity index (χ1n) is 6.63. The molecule has 1 saturated heterocycles. The maximum Gasteiger partial charge on any atom is 0.0895 e. The fraction of sp³-hybridized carbons (Fsp3) is 0.769. The molecule has 0 aromatic carbocycles. The fourth-order valence-electron chi connectivity index (χ4n) is 2.56. The van der Waals surface area contributed by atoms with Gasteiger partial charge in [-0.05, 0) is 26.3 Å². The Morgan fingerprint density at radius 2 is 2.47 bits per heavy atom. The van der Waals surface area contributed by atoms with E-state index in [1.165, 1.54) is 18.4 Å². The van der Waals surface area contributed by atoms with Crippen molar-refractivity contribution in [3.8, 4) is 0 Å². The number of hydrogen-bond acceptors (Lipinski definition) is 3. The molecule has 1 aliphatic heterocycles. The van der Waals surface area contributed by atoms with Crippen molar-refractivity contribution >= 4 is 0 Å². The van der Waals surface area contributed by atoms with Gasteiger partial charge in [-0.3, -0.25) is 4.68 Å². The van der Waals surface area contributed by atoms with Crippen molar-refractivity contribution in [2.24, 2.45) is 5.92 Å². The first kappa shape index (κ1) is 12.6. The Morgan fingerprint density at radius 3 is 3.24 bits per heavy atom. The molecule has 1 fully saturated rings. The van der Waals surface area contributed by atoms with Crippen LogP contribution in [0.15, 0.2) is 12.4 Å². The van der Waals surface area contributed by atoms with Crippen LogP contribution in [0.5, 0.6) is 0 Å². The van der Waals surface area contributed by atoms with E-state index in [4.69, 9.17) is 4.74 Å². The molecular formula is C13H23N3O. The van der Waals surface area contributed by atoms with E-state index < -0.39 is 0 Å². The van der Waals surface area contributed by atoms with Crippen molar-refractivity contribution in [1.82, 2.24) is 15.1 Å². The molecule has 0 bridgehead atoms. The molecule has 2 unspecified atom stereocenters. The summed E-state index contributed by atoms with van der Waals surface area (Å²) in [5.74, 6) is 0.577. The van der Waals surface area contributed by atoms with Crippen LogP contribution >= 0.6 is 0 Å². The third kappa shape index (κ3) is 3.07. The zero-order valence-corrected chi connectivity index (χ0v) is 10.9. The Bertz CT molecular complexity index is 335. The van der Waals surface area contributed by atoms with Crippen LogP contribution in [0, 0.1) is 5.92 Å². The van der Waals surface area contributed by atoms with Gasteiger partial charge in [0, 0.05) is 37.4 Å². The Morgan fingerprint density at radius 1 is 1.59 bits per heavy atom. The minimum Gasteiger partial charge on any atom is -0.373 e. The molecule has 1 aromatic rings. The van der Waals surface area contributed by atoms with Crippen LogP contribution < -0.4 is 5.32 Å². The van der Waals surface area contributed by atoms with Crippen LogP contribution in [0.2, 0.25) is 0 Å². The first-order valence-corrected chi connectivity index (χ1v) is 6.63. The number of nitrogens with zero attached hydrogens (tertiary/aromatic N) is 2. The van der Waals surface area contributed by atoms with E-state index in [1.54, 1.807) is 0 Å². The van der Waals surface area contributed by atoms with Crippen molar-refractivity contribution in [2.45, 2.75) is 38.8 Å². The number of nitrogens with one attached hydrogen (secondary N) is 1. The summed E-state index contributed by atoms with van der Waals surface area (Å²) in [5, 5.41) is 7.65. The first-order chi connectivity index (χ1) is 8.35. The second-order valence-corrected chi connectivity index (χ2v) is 4.79. The summed E-state index contributed by atoms with van der Waals surface area (Å²) in [7, 11) is 2.01. The molecule has 0 amide bonds. The molecule has 96 valence electrons. The molecule has 4 heteroatoms. The molecule has 0 saturated carbocycles. The summed E-state index contributed by atoms with van der Waals surface area (Å²) >= 11 is 0. The zero-order chi connectivity index (χ0) is 12.1. The molecule has 1 aromatic heterocycles. The molecule has 2 atom stereocenters. The largest absolute Gasteiger partial charge is 0.373 e.